The summed E-state index contributed by atoms with van der Waals surface area (Å²) in [6.07, 6.45) is -1.71. The van der Waals surface area contributed by atoms with Gasteiger partial charge in [-0.15, -0.1) is 0 Å². The van der Waals surface area contributed by atoms with E-state index in [-0.39, 0.29) is 37.5 Å². The molecule has 3 aromatic rings. The van der Waals surface area contributed by atoms with Gasteiger partial charge in [-0.05, 0) is 54.4 Å². The second kappa shape index (κ2) is 20.7. The number of para-hydroxylation sites is 1. The summed E-state index contributed by atoms with van der Waals surface area (Å²) in [7, 11) is 0. The number of aliphatic hydroxyl groups is 1. The van der Waals surface area contributed by atoms with Gasteiger partial charge >= 0.3 is 5.97 Å². The van der Waals surface area contributed by atoms with Crippen LogP contribution in [0.1, 0.15) is 58.1 Å². The summed E-state index contributed by atoms with van der Waals surface area (Å²) in [5.41, 5.74) is 7.81. The van der Waals surface area contributed by atoms with Gasteiger partial charge in [0.25, 0.3) is 11.8 Å². The Morgan fingerprint density at radius 3 is 1.77 bits per heavy atom. The predicted molar refractivity (Wildman–Crippen MR) is 197 cm³/mol. The number of amides is 4. The van der Waals surface area contributed by atoms with Crippen molar-refractivity contribution in [3.8, 4) is 5.75 Å². The molecule has 0 aliphatic heterocycles. The third-order valence-electron chi connectivity index (χ3n) is 8.36. The average Bonchev–Trinajstić information content (AvgIpc) is 3.10. The third kappa shape index (κ3) is 13.6. The summed E-state index contributed by atoms with van der Waals surface area (Å²) in [6, 6.07) is 21.6. The van der Waals surface area contributed by atoms with Crippen molar-refractivity contribution in [3.05, 3.63) is 102 Å². The van der Waals surface area contributed by atoms with Crippen LogP contribution in [0.15, 0.2) is 91.0 Å². The number of aliphatic hydroxyl groups excluding tert-OH is 1. The van der Waals surface area contributed by atoms with Gasteiger partial charge < -0.3 is 31.3 Å². The van der Waals surface area contributed by atoms with Crippen LogP contribution in [0.5, 0.6) is 5.75 Å². The number of nitrogens with two attached hydrogens (primary N) is 1. The zero-order valence-corrected chi connectivity index (χ0v) is 30.3. The number of hydrogen-bond acceptors (Lipinski definition) is 8. The van der Waals surface area contributed by atoms with E-state index in [0.29, 0.717) is 11.3 Å². The highest BCUT2D eigenvalue weighted by atomic mass is 16.5. The number of ether oxygens (including phenoxy) is 1. The Balaban J connectivity index is 1.96. The van der Waals surface area contributed by atoms with E-state index in [1.165, 1.54) is 0 Å². The number of carboxylic acid groups (broad SMARTS) is 1. The molecule has 0 aliphatic carbocycles. The van der Waals surface area contributed by atoms with Gasteiger partial charge in [-0.25, -0.2) is 4.79 Å². The lowest BCUT2D eigenvalue weighted by Gasteiger charge is -2.35. The molecule has 3 aromatic carbocycles. The number of nitrogens with zero attached hydrogens (tertiary/aromatic N) is 1. The molecule has 12 nitrogen and oxygen atoms in total. The van der Waals surface area contributed by atoms with Crippen molar-refractivity contribution in [1.29, 1.82) is 0 Å². The Hall–Kier alpha value is -5.07. The number of carbonyl (C=O) groups is 5. The molecule has 0 saturated carbocycles. The van der Waals surface area contributed by atoms with E-state index in [1.807, 2.05) is 44.2 Å². The fourth-order valence-electron chi connectivity index (χ4n) is 5.76. The highest BCUT2D eigenvalue weighted by Gasteiger charge is 2.41. The molecule has 0 fully saturated rings. The highest BCUT2D eigenvalue weighted by Crippen LogP contribution is 2.20. The number of imide groups is 1. The number of carbonyl (C=O) groups excluding carboxylic acids is 4. The van der Waals surface area contributed by atoms with Crippen LogP contribution in [0.2, 0.25) is 0 Å². The Kier molecular flexibility index (Phi) is 16.5. The van der Waals surface area contributed by atoms with Crippen molar-refractivity contribution in [2.24, 2.45) is 17.6 Å². The Bertz CT molecular complexity index is 1590. The van der Waals surface area contributed by atoms with E-state index in [0.717, 1.165) is 10.5 Å². The van der Waals surface area contributed by atoms with Crippen molar-refractivity contribution in [1.82, 2.24) is 15.5 Å². The van der Waals surface area contributed by atoms with Gasteiger partial charge in [-0.2, -0.15) is 0 Å². The van der Waals surface area contributed by atoms with Crippen LogP contribution in [-0.4, -0.2) is 81.6 Å². The van der Waals surface area contributed by atoms with Crippen molar-refractivity contribution < 1.29 is 38.9 Å². The molecule has 0 spiro atoms. The van der Waals surface area contributed by atoms with Gasteiger partial charge in [0.05, 0.1) is 12.5 Å². The summed E-state index contributed by atoms with van der Waals surface area (Å²) in [5.74, 6) is -4.46. The molecule has 52 heavy (non-hydrogen) atoms. The van der Waals surface area contributed by atoms with Gasteiger partial charge in [-0.3, -0.25) is 24.1 Å². The normalized spacial score (nSPS) is 14.1. The minimum absolute atomic E-state index is 0.0212. The lowest BCUT2D eigenvalue weighted by atomic mass is 9.95. The quantitative estimate of drug-likeness (QED) is 0.117. The molecule has 3 rings (SSSR count). The summed E-state index contributed by atoms with van der Waals surface area (Å²) in [5, 5.41) is 26.4. The number of hydrogen-bond donors (Lipinski definition) is 5. The van der Waals surface area contributed by atoms with Crippen molar-refractivity contribution >= 4 is 29.6 Å². The van der Waals surface area contributed by atoms with Crippen LogP contribution < -0.4 is 21.1 Å². The van der Waals surface area contributed by atoms with Gasteiger partial charge in [0.2, 0.25) is 11.8 Å². The maximum atomic E-state index is 14.6. The van der Waals surface area contributed by atoms with Gasteiger partial charge in [0.15, 0.2) is 6.61 Å². The molecule has 12 heteroatoms. The number of aliphatic carboxylic acids is 1. The van der Waals surface area contributed by atoms with Crippen LogP contribution in [0.3, 0.4) is 0 Å². The summed E-state index contributed by atoms with van der Waals surface area (Å²) >= 11 is 0. The van der Waals surface area contributed by atoms with Crippen LogP contribution in [-0.2, 0) is 36.8 Å². The number of carboxylic acids is 1. The van der Waals surface area contributed by atoms with Crippen molar-refractivity contribution in [3.63, 3.8) is 0 Å². The minimum atomic E-state index is -1.47. The van der Waals surface area contributed by atoms with Crippen LogP contribution in [0.4, 0.5) is 0 Å². The van der Waals surface area contributed by atoms with Crippen molar-refractivity contribution in [2.75, 3.05) is 6.61 Å². The zero-order valence-electron chi connectivity index (χ0n) is 30.3. The lowest BCUT2D eigenvalue weighted by Crippen LogP contribution is -2.60. The molecule has 0 aromatic heterocycles. The van der Waals surface area contributed by atoms with Crippen molar-refractivity contribution in [2.45, 2.75) is 90.1 Å². The van der Waals surface area contributed by atoms with E-state index in [9.17, 15) is 34.2 Å². The van der Waals surface area contributed by atoms with Gasteiger partial charge in [-0.1, -0.05) is 107 Å². The molecule has 280 valence electrons. The molecule has 6 N–H and O–H groups in total. The van der Waals surface area contributed by atoms with E-state index in [4.69, 9.17) is 10.5 Å². The highest BCUT2D eigenvalue weighted by molar-refractivity contribution is 6.04. The largest absolute Gasteiger partial charge is 0.484 e. The number of benzene rings is 3. The molecule has 0 saturated heterocycles. The topological polar surface area (TPSA) is 188 Å². The maximum Gasteiger partial charge on any atom is 0.326 e. The second-order valence-electron chi connectivity index (χ2n) is 13.8. The maximum absolute atomic E-state index is 14.6. The molecule has 0 heterocycles. The fourth-order valence-corrected chi connectivity index (χ4v) is 5.76. The Labute approximate surface area is 305 Å². The molecular weight excluding hydrogens is 664 g/mol. The molecule has 5 atom stereocenters. The predicted octanol–water partition coefficient (Wildman–Crippen LogP) is 3.50. The third-order valence-corrected chi connectivity index (χ3v) is 8.36. The van der Waals surface area contributed by atoms with Crippen LogP contribution in [0.25, 0.3) is 0 Å². The Morgan fingerprint density at radius 2 is 1.25 bits per heavy atom. The second-order valence-corrected chi connectivity index (χ2v) is 13.8. The summed E-state index contributed by atoms with van der Waals surface area (Å²) in [6.45, 7) is 6.86. The Morgan fingerprint density at radius 1 is 0.731 bits per heavy atom. The van der Waals surface area contributed by atoms with Gasteiger partial charge in [0, 0.05) is 12.5 Å². The first kappa shape index (κ1) is 41.4. The summed E-state index contributed by atoms with van der Waals surface area (Å²) in [4.78, 5) is 69.1. The first-order valence-electron chi connectivity index (χ1n) is 17.6. The van der Waals surface area contributed by atoms with E-state index in [2.05, 4.69) is 10.6 Å². The SMILES string of the molecule is CC(C)C[C@H](NC(=O)COc1ccccc1)C(=O)N(C(=O)C[C@H](O)[C@@H](N)Cc1ccccc1)[C@@H](CC(C)C)C(=O)N[C@@H](Cc1ccccc1)C(=O)O. The van der Waals surface area contributed by atoms with E-state index < -0.39 is 72.9 Å². The van der Waals surface area contributed by atoms with Crippen LogP contribution >= 0.6 is 0 Å². The average molecular weight is 717 g/mol. The van der Waals surface area contributed by atoms with Crippen LogP contribution in [0, 0.1) is 11.8 Å². The monoisotopic (exact) mass is 716 g/mol. The minimum Gasteiger partial charge on any atom is -0.484 e. The molecule has 0 unspecified atom stereocenters. The fraction of sp³-hybridized carbons (Fsp3) is 0.425. The molecule has 0 radical (unpaired) electrons. The molecular formula is C40H52N4O8. The molecule has 0 bridgehead atoms. The first-order chi connectivity index (χ1) is 24.7. The first-order valence-corrected chi connectivity index (χ1v) is 17.6. The van der Waals surface area contributed by atoms with Gasteiger partial charge in [0.1, 0.15) is 23.9 Å². The van der Waals surface area contributed by atoms with E-state index in [1.54, 1.807) is 74.5 Å². The number of rotatable bonds is 20. The molecule has 0 aliphatic rings. The summed E-state index contributed by atoms with van der Waals surface area (Å²) < 4.78 is 5.57. The molecule has 4 amide bonds. The lowest BCUT2D eigenvalue weighted by molar-refractivity contribution is -0.156. The standard InChI is InChI=1S/C40H52N4O8/c1-26(2)20-32(42-36(46)25-52-30-18-12-7-13-19-30)39(49)44(37(47)24-35(45)31(41)22-28-14-8-5-9-15-28)34(21-27(3)4)38(48)43-33(40(50)51)23-29-16-10-6-11-17-29/h5-19,26-27,31-35,45H,20-25,41H2,1-4H3,(H,42,46)(H,43,48)(H,50,51)/t31-,32-,33-,34-,35-/m0/s1. The number of nitrogens with one attached hydrogen (secondary N) is 2. The smallest absolute Gasteiger partial charge is 0.326 e. The zero-order chi connectivity index (χ0) is 38.2. The van der Waals surface area contributed by atoms with E-state index >= 15 is 0 Å².